The molecule has 0 fully saturated rings. The summed E-state index contributed by atoms with van der Waals surface area (Å²) in [7, 11) is 2.04. The molecule has 1 amide bonds. The zero-order valence-electron chi connectivity index (χ0n) is 14.0. The second-order valence-electron chi connectivity index (χ2n) is 6.65. The summed E-state index contributed by atoms with van der Waals surface area (Å²) < 4.78 is 0. The number of fused-ring (bicyclic) bond motifs is 1. The second-order valence-corrected chi connectivity index (χ2v) is 7.09. The standard InChI is InChI=1S/C20H23ClN2O/c1-23(13-15-6-4-9-17(21)12-15)14-20(24)22-19-11-5-8-16-7-2-3-10-18(16)19/h2-4,6-7,9-10,12,19H,5,8,11,13-14H2,1H3,(H,22,24)/p+1/t19-/m1/s1. The first-order chi connectivity index (χ1) is 11.6. The Kier molecular flexibility index (Phi) is 5.54. The van der Waals surface area contributed by atoms with Gasteiger partial charge in [-0.1, -0.05) is 48.0 Å². The lowest BCUT2D eigenvalue weighted by molar-refractivity contribution is -0.885. The number of nitrogens with one attached hydrogen (secondary N) is 2. The number of amides is 1. The molecule has 3 nitrogen and oxygen atoms in total. The lowest BCUT2D eigenvalue weighted by Gasteiger charge is -2.26. The summed E-state index contributed by atoms with van der Waals surface area (Å²) in [5.74, 6) is 0.108. The third-order valence-corrected chi connectivity index (χ3v) is 4.80. The van der Waals surface area contributed by atoms with Gasteiger partial charge in [0.2, 0.25) is 0 Å². The Bertz CT molecular complexity index is 716. The van der Waals surface area contributed by atoms with Gasteiger partial charge < -0.3 is 10.2 Å². The maximum atomic E-state index is 12.4. The van der Waals surface area contributed by atoms with Crippen molar-refractivity contribution in [2.24, 2.45) is 0 Å². The van der Waals surface area contributed by atoms with Crippen LogP contribution in [0.5, 0.6) is 0 Å². The van der Waals surface area contributed by atoms with E-state index in [0.717, 1.165) is 41.3 Å². The van der Waals surface area contributed by atoms with Gasteiger partial charge in [0, 0.05) is 10.6 Å². The minimum absolute atomic E-state index is 0.108. The molecule has 1 aliphatic rings. The van der Waals surface area contributed by atoms with E-state index in [4.69, 9.17) is 11.6 Å². The van der Waals surface area contributed by atoms with Crippen molar-refractivity contribution in [3.8, 4) is 0 Å². The van der Waals surface area contributed by atoms with Crippen molar-refractivity contribution < 1.29 is 9.69 Å². The molecule has 4 heteroatoms. The summed E-state index contributed by atoms with van der Waals surface area (Å²) in [5, 5.41) is 3.96. The average Bonchev–Trinajstić information content (AvgIpc) is 2.55. The first-order valence-corrected chi connectivity index (χ1v) is 8.92. The van der Waals surface area contributed by atoms with Crippen LogP contribution in [-0.2, 0) is 17.8 Å². The summed E-state index contributed by atoms with van der Waals surface area (Å²) in [5.41, 5.74) is 3.80. The summed E-state index contributed by atoms with van der Waals surface area (Å²) in [6.07, 6.45) is 3.27. The fraction of sp³-hybridized carbons (Fsp3) is 0.350. The van der Waals surface area contributed by atoms with Gasteiger partial charge in [0.15, 0.2) is 6.54 Å². The third kappa shape index (κ3) is 4.37. The van der Waals surface area contributed by atoms with Gasteiger partial charge in [0.25, 0.3) is 5.91 Å². The van der Waals surface area contributed by atoms with Crippen molar-refractivity contribution >= 4 is 17.5 Å². The Morgan fingerprint density at radius 2 is 2.08 bits per heavy atom. The average molecular weight is 344 g/mol. The molecular formula is C20H24ClN2O+. The van der Waals surface area contributed by atoms with Gasteiger partial charge in [-0.2, -0.15) is 0 Å². The van der Waals surface area contributed by atoms with E-state index in [1.165, 1.54) is 11.1 Å². The van der Waals surface area contributed by atoms with Crippen molar-refractivity contribution in [2.45, 2.75) is 31.8 Å². The molecule has 0 aromatic heterocycles. The van der Waals surface area contributed by atoms with Gasteiger partial charge in [-0.3, -0.25) is 4.79 Å². The third-order valence-electron chi connectivity index (χ3n) is 4.56. The molecule has 3 rings (SSSR count). The van der Waals surface area contributed by atoms with E-state index in [0.29, 0.717) is 6.54 Å². The molecule has 1 aliphatic carbocycles. The topological polar surface area (TPSA) is 33.5 Å². The van der Waals surface area contributed by atoms with Crippen LogP contribution in [0.25, 0.3) is 0 Å². The van der Waals surface area contributed by atoms with Crippen LogP contribution < -0.4 is 10.2 Å². The number of benzene rings is 2. The van der Waals surface area contributed by atoms with Crippen molar-refractivity contribution in [3.63, 3.8) is 0 Å². The summed E-state index contributed by atoms with van der Waals surface area (Å²) in [6, 6.07) is 16.4. The molecule has 2 atom stereocenters. The molecule has 0 aliphatic heterocycles. The first kappa shape index (κ1) is 17.0. The smallest absolute Gasteiger partial charge is 0.275 e. The highest BCUT2D eigenvalue weighted by atomic mass is 35.5. The van der Waals surface area contributed by atoms with Gasteiger partial charge >= 0.3 is 0 Å². The van der Waals surface area contributed by atoms with E-state index in [-0.39, 0.29) is 11.9 Å². The van der Waals surface area contributed by atoms with E-state index in [1.807, 2.05) is 31.3 Å². The quantitative estimate of drug-likeness (QED) is 0.859. The van der Waals surface area contributed by atoms with E-state index in [9.17, 15) is 4.79 Å². The minimum atomic E-state index is 0.108. The van der Waals surface area contributed by atoms with Crippen LogP contribution in [0.3, 0.4) is 0 Å². The first-order valence-electron chi connectivity index (χ1n) is 8.55. The number of halogens is 1. The molecular weight excluding hydrogens is 320 g/mol. The Balaban J connectivity index is 1.56. The predicted octanol–water partition coefficient (Wildman–Crippen LogP) is 2.55. The maximum Gasteiger partial charge on any atom is 0.275 e. The molecule has 2 aromatic carbocycles. The molecule has 0 bridgehead atoms. The molecule has 24 heavy (non-hydrogen) atoms. The van der Waals surface area contributed by atoms with Crippen LogP contribution in [-0.4, -0.2) is 19.5 Å². The highest BCUT2D eigenvalue weighted by molar-refractivity contribution is 6.30. The van der Waals surface area contributed by atoms with E-state index in [1.54, 1.807) is 0 Å². The van der Waals surface area contributed by atoms with Gasteiger partial charge in [0.1, 0.15) is 6.54 Å². The number of rotatable bonds is 5. The normalized spacial score (nSPS) is 17.8. The van der Waals surface area contributed by atoms with E-state index in [2.05, 4.69) is 29.6 Å². The molecule has 2 N–H and O–H groups in total. The number of carbonyl (C=O) groups excluding carboxylic acids is 1. The number of carbonyl (C=O) groups is 1. The van der Waals surface area contributed by atoms with Gasteiger partial charge in [-0.05, 0) is 42.5 Å². The summed E-state index contributed by atoms with van der Waals surface area (Å²) >= 11 is 6.02. The molecule has 2 aromatic rings. The van der Waals surface area contributed by atoms with Gasteiger partial charge in [-0.25, -0.2) is 0 Å². The van der Waals surface area contributed by atoms with Crippen molar-refractivity contribution in [3.05, 3.63) is 70.2 Å². The number of aryl methyl sites for hydroxylation is 1. The van der Waals surface area contributed by atoms with Crippen LogP contribution >= 0.6 is 11.6 Å². The van der Waals surface area contributed by atoms with Crippen molar-refractivity contribution in [1.82, 2.24) is 5.32 Å². The van der Waals surface area contributed by atoms with Crippen LogP contribution in [0.2, 0.25) is 5.02 Å². The van der Waals surface area contributed by atoms with Crippen molar-refractivity contribution in [2.75, 3.05) is 13.6 Å². The lowest BCUT2D eigenvalue weighted by Crippen LogP contribution is -3.08. The number of hydrogen-bond donors (Lipinski definition) is 2. The SMILES string of the molecule is C[NH+](CC(=O)N[C@@H]1CCCc2ccccc21)Cc1cccc(Cl)c1. The largest absolute Gasteiger partial charge is 0.344 e. The van der Waals surface area contributed by atoms with Gasteiger partial charge in [-0.15, -0.1) is 0 Å². The highest BCUT2D eigenvalue weighted by Crippen LogP contribution is 2.29. The van der Waals surface area contributed by atoms with Crippen LogP contribution in [0.15, 0.2) is 48.5 Å². The number of hydrogen-bond acceptors (Lipinski definition) is 1. The van der Waals surface area contributed by atoms with Crippen LogP contribution in [0, 0.1) is 0 Å². The monoisotopic (exact) mass is 343 g/mol. The fourth-order valence-electron chi connectivity index (χ4n) is 3.48. The second kappa shape index (κ2) is 7.82. The molecule has 0 radical (unpaired) electrons. The fourth-order valence-corrected chi connectivity index (χ4v) is 3.69. The molecule has 1 unspecified atom stereocenters. The number of quaternary nitrogens is 1. The predicted molar refractivity (Wildman–Crippen MR) is 97.2 cm³/mol. The molecule has 0 heterocycles. The molecule has 0 spiro atoms. The maximum absolute atomic E-state index is 12.4. The Hall–Kier alpha value is -1.84. The lowest BCUT2D eigenvalue weighted by atomic mass is 9.88. The minimum Gasteiger partial charge on any atom is -0.344 e. The zero-order chi connectivity index (χ0) is 16.9. The molecule has 0 saturated heterocycles. The summed E-state index contributed by atoms with van der Waals surface area (Å²) in [6.45, 7) is 1.25. The Morgan fingerprint density at radius 1 is 1.25 bits per heavy atom. The van der Waals surface area contributed by atoms with Crippen molar-refractivity contribution in [1.29, 1.82) is 0 Å². The van der Waals surface area contributed by atoms with Gasteiger partial charge in [0.05, 0.1) is 13.1 Å². The Labute approximate surface area is 148 Å². The van der Waals surface area contributed by atoms with Crippen LogP contribution in [0.1, 0.15) is 35.6 Å². The Morgan fingerprint density at radius 3 is 2.92 bits per heavy atom. The zero-order valence-corrected chi connectivity index (χ0v) is 14.8. The highest BCUT2D eigenvalue weighted by Gasteiger charge is 2.22. The van der Waals surface area contributed by atoms with Crippen LogP contribution in [0.4, 0.5) is 0 Å². The van der Waals surface area contributed by atoms with E-state index < -0.39 is 0 Å². The number of likely N-dealkylation sites (N-methyl/N-ethyl adjacent to an activating group) is 1. The summed E-state index contributed by atoms with van der Waals surface area (Å²) in [4.78, 5) is 13.6. The molecule has 0 saturated carbocycles. The van der Waals surface area contributed by atoms with E-state index >= 15 is 0 Å². The molecule has 126 valence electrons.